The highest BCUT2D eigenvalue weighted by molar-refractivity contribution is 7.99. The van der Waals surface area contributed by atoms with Crippen LogP contribution in [0.5, 0.6) is 0 Å². The molecule has 1 saturated heterocycles. The monoisotopic (exact) mass is 403 g/mol. The maximum Gasteiger partial charge on any atom is 0.267 e. The minimum Gasteiger partial charge on any atom is -0.341 e. The Balaban J connectivity index is 1.60. The summed E-state index contributed by atoms with van der Waals surface area (Å²) in [6.45, 7) is 7.69. The molecular formula is C20H25N3O2S2. The van der Waals surface area contributed by atoms with Crippen molar-refractivity contribution >= 4 is 40.6 Å². The number of nitrogens with one attached hydrogen (secondary N) is 1. The fraction of sp³-hybridized carbons (Fsp3) is 0.450. The number of thiazole rings is 1. The summed E-state index contributed by atoms with van der Waals surface area (Å²) in [5.41, 5.74) is 2.46. The van der Waals surface area contributed by atoms with E-state index in [-0.39, 0.29) is 11.8 Å². The predicted molar refractivity (Wildman–Crippen MR) is 113 cm³/mol. The molecule has 1 aromatic heterocycles. The highest BCUT2D eigenvalue weighted by Gasteiger charge is 2.18. The number of aryl methyl sites for hydroxylation is 1. The summed E-state index contributed by atoms with van der Waals surface area (Å²) in [4.78, 5) is 32.0. The first-order valence-electron chi connectivity index (χ1n) is 9.17. The van der Waals surface area contributed by atoms with Gasteiger partial charge in [0.05, 0.1) is 17.1 Å². The van der Waals surface area contributed by atoms with Crippen LogP contribution in [0.3, 0.4) is 0 Å². The molecule has 0 unspecified atom stereocenters. The van der Waals surface area contributed by atoms with Crippen molar-refractivity contribution in [1.29, 1.82) is 0 Å². The van der Waals surface area contributed by atoms with Crippen LogP contribution in [0, 0.1) is 6.92 Å². The Kier molecular flexibility index (Phi) is 6.55. The largest absolute Gasteiger partial charge is 0.341 e. The number of hydrogen-bond acceptors (Lipinski definition) is 5. The molecule has 2 heterocycles. The van der Waals surface area contributed by atoms with Gasteiger partial charge in [0.25, 0.3) is 5.91 Å². The number of nitrogens with zero attached hydrogens (tertiary/aromatic N) is 2. The van der Waals surface area contributed by atoms with E-state index in [4.69, 9.17) is 0 Å². The van der Waals surface area contributed by atoms with E-state index in [1.54, 1.807) is 0 Å². The van der Waals surface area contributed by atoms with Gasteiger partial charge in [-0.25, -0.2) is 4.98 Å². The molecule has 0 atom stereocenters. The molecule has 0 aliphatic carbocycles. The molecular weight excluding hydrogens is 378 g/mol. The highest BCUT2D eigenvalue weighted by Crippen LogP contribution is 2.25. The van der Waals surface area contributed by atoms with Gasteiger partial charge >= 0.3 is 0 Å². The van der Waals surface area contributed by atoms with E-state index in [1.165, 1.54) is 11.3 Å². The Bertz CT molecular complexity index is 809. The van der Waals surface area contributed by atoms with Crippen LogP contribution in [-0.4, -0.2) is 46.3 Å². The molecule has 5 nitrogen and oxygen atoms in total. The van der Waals surface area contributed by atoms with E-state index in [9.17, 15) is 9.59 Å². The van der Waals surface area contributed by atoms with E-state index in [1.807, 2.05) is 47.9 Å². The first-order valence-corrected chi connectivity index (χ1v) is 11.1. The molecule has 27 heavy (non-hydrogen) atoms. The van der Waals surface area contributed by atoms with Crippen LogP contribution >= 0.6 is 23.1 Å². The standard InChI is InChI=1S/C20H25N3O2S2/c1-13(2)20-21-14(3)18(27-20)19(25)22-16-6-4-15(5-7-16)12-17(24)23-8-10-26-11-9-23/h4-7,13H,8-12H2,1-3H3,(H,22,25). The number of aromatic nitrogens is 1. The SMILES string of the molecule is Cc1nc(C(C)C)sc1C(=O)Nc1ccc(CC(=O)N2CCSCC2)cc1. The molecule has 1 aliphatic heterocycles. The molecule has 2 amide bonds. The van der Waals surface area contributed by atoms with Gasteiger partial charge in [-0.05, 0) is 24.6 Å². The number of benzene rings is 1. The van der Waals surface area contributed by atoms with Crippen molar-refractivity contribution < 1.29 is 9.59 Å². The highest BCUT2D eigenvalue weighted by atomic mass is 32.2. The molecule has 1 N–H and O–H groups in total. The molecule has 144 valence electrons. The quantitative estimate of drug-likeness (QED) is 0.821. The molecule has 0 bridgehead atoms. The zero-order valence-corrected chi connectivity index (χ0v) is 17.6. The van der Waals surface area contributed by atoms with Crippen molar-refractivity contribution in [3.63, 3.8) is 0 Å². The summed E-state index contributed by atoms with van der Waals surface area (Å²) in [5, 5.41) is 3.90. The first-order chi connectivity index (χ1) is 12.9. The minimum atomic E-state index is -0.133. The second-order valence-electron chi connectivity index (χ2n) is 6.94. The van der Waals surface area contributed by atoms with Gasteiger partial charge in [-0.15, -0.1) is 11.3 Å². The summed E-state index contributed by atoms with van der Waals surface area (Å²) in [7, 11) is 0. The van der Waals surface area contributed by atoms with Gasteiger partial charge in [0.1, 0.15) is 4.88 Å². The predicted octanol–water partition coefficient (Wildman–Crippen LogP) is 3.95. The maximum atomic E-state index is 12.5. The maximum absolute atomic E-state index is 12.5. The molecule has 0 spiro atoms. The average molecular weight is 404 g/mol. The van der Waals surface area contributed by atoms with Gasteiger partial charge in [0.2, 0.25) is 5.91 Å². The normalized spacial score (nSPS) is 14.4. The average Bonchev–Trinajstić information content (AvgIpc) is 3.06. The van der Waals surface area contributed by atoms with Crippen molar-refractivity contribution in [1.82, 2.24) is 9.88 Å². The van der Waals surface area contributed by atoms with Crippen molar-refractivity contribution in [3.8, 4) is 0 Å². The fourth-order valence-electron chi connectivity index (χ4n) is 2.87. The summed E-state index contributed by atoms with van der Waals surface area (Å²) in [6.07, 6.45) is 0.407. The van der Waals surface area contributed by atoms with E-state index < -0.39 is 0 Å². The van der Waals surface area contributed by atoms with E-state index in [0.717, 1.165) is 46.5 Å². The van der Waals surface area contributed by atoms with Crippen molar-refractivity contribution in [2.45, 2.75) is 33.1 Å². The zero-order valence-electron chi connectivity index (χ0n) is 15.9. The van der Waals surface area contributed by atoms with E-state index >= 15 is 0 Å². The third kappa shape index (κ3) is 5.11. The molecule has 2 aromatic rings. The number of amides is 2. The van der Waals surface area contributed by atoms with Crippen LogP contribution in [0.25, 0.3) is 0 Å². The van der Waals surface area contributed by atoms with E-state index in [0.29, 0.717) is 17.2 Å². The molecule has 1 aliphatic rings. The van der Waals surface area contributed by atoms with Gasteiger partial charge in [-0.1, -0.05) is 26.0 Å². The molecule has 0 saturated carbocycles. The Labute approximate surface area is 168 Å². The fourth-order valence-corrected chi connectivity index (χ4v) is 4.74. The van der Waals surface area contributed by atoms with Crippen LogP contribution in [0.2, 0.25) is 0 Å². The van der Waals surface area contributed by atoms with Crippen molar-refractivity contribution in [3.05, 3.63) is 45.4 Å². The number of carbonyl (C=O) groups is 2. The number of thioether (sulfide) groups is 1. The second kappa shape index (κ2) is 8.89. The van der Waals surface area contributed by atoms with Gasteiger partial charge in [0, 0.05) is 36.2 Å². The van der Waals surface area contributed by atoms with Crippen LogP contribution in [0.1, 0.15) is 45.7 Å². The van der Waals surface area contributed by atoms with Crippen LogP contribution in [-0.2, 0) is 11.2 Å². The Hall–Kier alpha value is -1.86. The number of anilines is 1. The molecule has 1 aromatic carbocycles. The Morgan fingerprint density at radius 3 is 2.44 bits per heavy atom. The summed E-state index contributed by atoms with van der Waals surface area (Å²) >= 11 is 3.34. The Morgan fingerprint density at radius 2 is 1.85 bits per heavy atom. The second-order valence-corrected chi connectivity index (χ2v) is 9.20. The van der Waals surface area contributed by atoms with Crippen LogP contribution in [0.15, 0.2) is 24.3 Å². The third-order valence-electron chi connectivity index (χ3n) is 4.44. The van der Waals surface area contributed by atoms with Crippen LogP contribution < -0.4 is 5.32 Å². The molecule has 3 rings (SSSR count). The third-order valence-corrected chi connectivity index (χ3v) is 6.84. The minimum absolute atomic E-state index is 0.133. The topological polar surface area (TPSA) is 62.3 Å². The molecule has 1 fully saturated rings. The van der Waals surface area contributed by atoms with Crippen molar-refractivity contribution in [2.24, 2.45) is 0 Å². The van der Waals surface area contributed by atoms with E-state index in [2.05, 4.69) is 24.1 Å². The molecule has 0 radical (unpaired) electrons. The summed E-state index contributed by atoms with van der Waals surface area (Å²) in [5.74, 6) is 2.39. The lowest BCUT2D eigenvalue weighted by molar-refractivity contribution is -0.130. The summed E-state index contributed by atoms with van der Waals surface area (Å²) < 4.78 is 0. The summed E-state index contributed by atoms with van der Waals surface area (Å²) in [6, 6.07) is 7.52. The van der Waals surface area contributed by atoms with Crippen molar-refractivity contribution in [2.75, 3.05) is 29.9 Å². The lowest BCUT2D eigenvalue weighted by Gasteiger charge is -2.26. The number of hydrogen-bond donors (Lipinski definition) is 1. The number of rotatable bonds is 5. The Morgan fingerprint density at radius 1 is 1.19 bits per heavy atom. The van der Waals surface area contributed by atoms with Gasteiger partial charge < -0.3 is 10.2 Å². The smallest absolute Gasteiger partial charge is 0.267 e. The van der Waals surface area contributed by atoms with Gasteiger partial charge in [-0.3, -0.25) is 9.59 Å². The van der Waals surface area contributed by atoms with Gasteiger partial charge in [0.15, 0.2) is 0 Å². The molecule has 7 heteroatoms. The lowest BCUT2D eigenvalue weighted by Crippen LogP contribution is -2.38. The number of carbonyl (C=O) groups excluding carboxylic acids is 2. The first kappa shape index (κ1) is 19.9. The van der Waals surface area contributed by atoms with Crippen LogP contribution in [0.4, 0.5) is 5.69 Å². The van der Waals surface area contributed by atoms with Gasteiger partial charge in [-0.2, -0.15) is 11.8 Å². The zero-order chi connectivity index (χ0) is 19.4. The lowest BCUT2D eigenvalue weighted by atomic mass is 10.1.